The molecule has 1 saturated heterocycles. The van der Waals surface area contributed by atoms with Gasteiger partial charge in [-0.15, -0.1) is 0 Å². The molecule has 0 radical (unpaired) electrons. The van der Waals surface area contributed by atoms with Crippen molar-refractivity contribution in [3.63, 3.8) is 0 Å². The molecule has 3 rings (SSSR count). The van der Waals surface area contributed by atoms with Crippen LogP contribution in [-0.2, 0) is 7.05 Å². The Bertz CT molecular complexity index is 755. The summed E-state index contributed by atoms with van der Waals surface area (Å²) in [4.78, 5) is 18.3. The van der Waals surface area contributed by atoms with Crippen LogP contribution in [0.2, 0.25) is 5.02 Å². The summed E-state index contributed by atoms with van der Waals surface area (Å²) in [6.07, 6.45) is 1.68. The molecule has 0 bridgehead atoms. The summed E-state index contributed by atoms with van der Waals surface area (Å²) in [5.41, 5.74) is 1.05. The fourth-order valence-electron chi connectivity index (χ4n) is 3.01. The lowest BCUT2D eigenvalue weighted by atomic mass is 10.2. The molecule has 2 heterocycles. The summed E-state index contributed by atoms with van der Waals surface area (Å²) < 4.78 is 7.03. The number of urea groups is 1. The molecule has 7 nitrogen and oxygen atoms in total. The highest BCUT2D eigenvalue weighted by Gasteiger charge is 2.27. The Morgan fingerprint density at radius 3 is 2.52 bits per heavy atom. The second-order valence-corrected chi connectivity index (χ2v) is 6.37. The molecule has 0 aliphatic carbocycles. The number of anilines is 2. The van der Waals surface area contributed by atoms with Crippen molar-refractivity contribution >= 4 is 29.1 Å². The summed E-state index contributed by atoms with van der Waals surface area (Å²) in [6.45, 7) is 2.75. The number of carbonyl (C=O) groups is 1. The summed E-state index contributed by atoms with van der Waals surface area (Å²) in [5.74, 6) is 1.32. The number of carbonyl (C=O) groups excluding carboxylic acids is 1. The van der Waals surface area contributed by atoms with E-state index in [4.69, 9.17) is 16.3 Å². The summed E-state index contributed by atoms with van der Waals surface area (Å²) in [5, 5.41) is 4.71. The molecular weight excluding hydrogens is 342 g/mol. The smallest absolute Gasteiger partial charge is 0.325 e. The van der Waals surface area contributed by atoms with Crippen molar-refractivity contribution < 1.29 is 9.53 Å². The normalized spacial score (nSPS) is 14.6. The van der Waals surface area contributed by atoms with Crippen LogP contribution in [0.5, 0.6) is 5.75 Å². The number of methoxy groups -OCH3 is 1. The zero-order valence-corrected chi connectivity index (χ0v) is 15.4. The molecule has 2 aromatic rings. The van der Waals surface area contributed by atoms with E-state index in [1.165, 1.54) is 4.90 Å². The van der Waals surface area contributed by atoms with Gasteiger partial charge in [0.05, 0.1) is 12.8 Å². The number of halogens is 1. The van der Waals surface area contributed by atoms with Crippen LogP contribution in [0.3, 0.4) is 0 Å². The molecule has 0 unspecified atom stereocenters. The van der Waals surface area contributed by atoms with Crippen molar-refractivity contribution in [2.45, 2.75) is 0 Å². The first-order valence-corrected chi connectivity index (χ1v) is 8.49. The summed E-state index contributed by atoms with van der Waals surface area (Å²) >= 11 is 6.14. The molecule has 1 fully saturated rings. The lowest BCUT2D eigenvalue weighted by Gasteiger charge is -2.37. The van der Waals surface area contributed by atoms with E-state index in [9.17, 15) is 4.79 Å². The molecule has 25 heavy (non-hydrogen) atoms. The lowest BCUT2D eigenvalue weighted by Crippen LogP contribution is -2.52. The number of rotatable bonds is 3. The van der Waals surface area contributed by atoms with Crippen molar-refractivity contribution in [1.82, 2.24) is 14.7 Å². The van der Waals surface area contributed by atoms with Gasteiger partial charge in [0.15, 0.2) is 5.82 Å². The number of aryl methyl sites for hydroxylation is 1. The van der Waals surface area contributed by atoms with Crippen LogP contribution in [0, 0.1) is 0 Å². The predicted octanol–water partition coefficient (Wildman–Crippen LogP) is 2.46. The highest BCUT2D eigenvalue weighted by Crippen LogP contribution is 2.29. The largest absolute Gasteiger partial charge is 0.495 e. The Balaban J connectivity index is 1.65. The Hall–Kier alpha value is -2.41. The molecule has 0 atom stereocenters. The van der Waals surface area contributed by atoms with Gasteiger partial charge in [0.1, 0.15) is 10.8 Å². The van der Waals surface area contributed by atoms with Crippen molar-refractivity contribution in [3.05, 3.63) is 35.5 Å². The molecule has 0 N–H and O–H groups in total. The van der Waals surface area contributed by atoms with E-state index >= 15 is 0 Å². The number of para-hydroxylation sites is 2. The Labute approximate surface area is 152 Å². The zero-order valence-electron chi connectivity index (χ0n) is 14.6. The van der Waals surface area contributed by atoms with Crippen molar-refractivity contribution in [1.29, 1.82) is 0 Å². The average molecular weight is 364 g/mol. The van der Waals surface area contributed by atoms with E-state index in [1.807, 2.05) is 29.2 Å². The zero-order chi connectivity index (χ0) is 18.0. The number of hydrogen-bond donors (Lipinski definition) is 0. The second kappa shape index (κ2) is 7.23. The quantitative estimate of drug-likeness (QED) is 0.840. The molecule has 1 aliphatic rings. The number of amides is 2. The van der Waals surface area contributed by atoms with E-state index in [0.717, 1.165) is 24.5 Å². The Kier molecular flexibility index (Phi) is 5.03. The fraction of sp³-hybridized carbons (Fsp3) is 0.412. The van der Waals surface area contributed by atoms with E-state index in [2.05, 4.69) is 10.00 Å². The number of ether oxygens (including phenoxy) is 1. The fourth-order valence-corrected chi connectivity index (χ4v) is 3.31. The Morgan fingerprint density at radius 2 is 1.92 bits per heavy atom. The molecule has 0 saturated carbocycles. The third-order valence-corrected chi connectivity index (χ3v) is 4.61. The van der Waals surface area contributed by atoms with Crippen LogP contribution < -0.4 is 14.5 Å². The third kappa shape index (κ3) is 3.51. The maximum atomic E-state index is 12.7. The van der Waals surface area contributed by atoms with E-state index < -0.39 is 0 Å². The minimum Gasteiger partial charge on any atom is -0.495 e. The van der Waals surface area contributed by atoms with Gasteiger partial charge < -0.3 is 14.5 Å². The van der Waals surface area contributed by atoms with Gasteiger partial charge >= 0.3 is 6.03 Å². The first-order valence-electron chi connectivity index (χ1n) is 8.11. The predicted molar refractivity (Wildman–Crippen MR) is 98.8 cm³/mol. The maximum absolute atomic E-state index is 12.7. The number of hydrogen-bond acceptors (Lipinski definition) is 4. The summed E-state index contributed by atoms with van der Waals surface area (Å²) in [6, 6.07) is 7.83. The average Bonchev–Trinajstić information content (AvgIpc) is 2.98. The van der Waals surface area contributed by atoms with Crippen molar-refractivity contribution in [3.8, 4) is 5.75 Å². The molecule has 1 aromatic heterocycles. The van der Waals surface area contributed by atoms with Crippen LogP contribution in [0.4, 0.5) is 16.3 Å². The highest BCUT2D eigenvalue weighted by molar-refractivity contribution is 6.33. The van der Waals surface area contributed by atoms with E-state index in [1.54, 1.807) is 32.1 Å². The highest BCUT2D eigenvalue weighted by atomic mass is 35.5. The molecule has 1 aliphatic heterocycles. The van der Waals surface area contributed by atoms with Gasteiger partial charge in [-0.25, -0.2) is 4.79 Å². The lowest BCUT2D eigenvalue weighted by molar-refractivity contribution is 0.202. The number of nitrogens with zero attached hydrogens (tertiary/aromatic N) is 5. The van der Waals surface area contributed by atoms with Crippen LogP contribution in [0.15, 0.2) is 30.5 Å². The minimum absolute atomic E-state index is 0.0970. The van der Waals surface area contributed by atoms with E-state index in [-0.39, 0.29) is 6.03 Å². The standard InChI is InChI=1S/C17H22ClN5O2/c1-20-12-13(18)16(19-20)21(2)17(24)23-10-8-22(9-11-23)14-6-4-5-7-15(14)25-3/h4-7,12H,8-11H2,1-3H3. The van der Waals surface area contributed by atoms with Gasteiger partial charge in [0, 0.05) is 46.5 Å². The van der Waals surface area contributed by atoms with Gasteiger partial charge in [-0.3, -0.25) is 9.58 Å². The topological polar surface area (TPSA) is 53.8 Å². The van der Waals surface area contributed by atoms with Crippen LogP contribution >= 0.6 is 11.6 Å². The van der Waals surface area contributed by atoms with Gasteiger partial charge in [0.25, 0.3) is 0 Å². The van der Waals surface area contributed by atoms with Gasteiger partial charge in [-0.1, -0.05) is 23.7 Å². The molecule has 1 aromatic carbocycles. The maximum Gasteiger partial charge on any atom is 0.325 e. The first-order chi connectivity index (χ1) is 12.0. The number of piperazine rings is 1. The minimum atomic E-state index is -0.0970. The van der Waals surface area contributed by atoms with Crippen LogP contribution in [0.1, 0.15) is 0 Å². The van der Waals surface area contributed by atoms with Gasteiger partial charge in [0.2, 0.25) is 0 Å². The van der Waals surface area contributed by atoms with Crippen LogP contribution in [0.25, 0.3) is 0 Å². The molecular formula is C17H22ClN5O2. The SMILES string of the molecule is COc1ccccc1N1CCN(C(=O)N(C)c2nn(C)cc2Cl)CC1. The van der Waals surface area contributed by atoms with E-state index in [0.29, 0.717) is 23.9 Å². The first kappa shape index (κ1) is 17.4. The monoisotopic (exact) mass is 363 g/mol. The third-order valence-electron chi connectivity index (χ3n) is 4.35. The molecule has 2 amide bonds. The van der Waals surface area contributed by atoms with Crippen LogP contribution in [-0.4, -0.2) is 61.0 Å². The second-order valence-electron chi connectivity index (χ2n) is 5.96. The number of aromatic nitrogens is 2. The van der Waals surface area contributed by atoms with Gasteiger partial charge in [-0.05, 0) is 12.1 Å². The van der Waals surface area contributed by atoms with Gasteiger partial charge in [-0.2, -0.15) is 5.10 Å². The Morgan fingerprint density at radius 1 is 1.24 bits per heavy atom. The van der Waals surface area contributed by atoms with Crippen molar-refractivity contribution in [2.75, 3.05) is 50.1 Å². The van der Waals surface area contributed by atoms with Crippen molar-refractivity contribution in [2.24, 2.45) is 7.05 Å². The summed E-state index contributed by atoms with van der Waals surface area (Å²) in [7, 11) is 5.15. The molecule has 0 spiro atoms. The number of benzene rings is 1. The molecule has 8 heteroatoms. The molecule has 134 valence electrons.